The van der Waals surface area contributed by atoms with Gasteiger partial charge in [-0.1, -0.05) is 30.3 Å². The van der Waals surface area contributed by atoms with E-state index in [4.69, 9.17) is 9.15 Å². The van der Waals surface area contributed by atoms with E-state index in [9.17, 15) is 4.79 Å². The topological polar surface area (TPSA) is 58.5 Å². The van der Waals surface area contributed by atoms with Gasteiger partial charge in [0.2, 0.25) is 0 Å². The van der Waals surface area contributed by atoms with Gasteiger partial charge in [-0.2, -0.15) is 0 Å². The molecule has 1 atom stereocenters. The first kappa shape index (κ1) is 17.6. The number of hydrogen-bond donors (Lipinski definition) is 1. The number of carbonyl (C=O) groups excluding carboxylic acids is 1. The van der Waals surface area contributed by atoms with Crippen molar-refractivity contribution in [3.8, 4) is 5.75 Å². The van der Waals surface area contributed by atoms with Gasteiger partial charge in [-0.25, -0.2) is 0 Å². The minimum atomic E-state index is -0.209. The molecule has 4 aromatic rings. The van der Waals surface area contributed by atoms with Crippen LogP contribution in [0.1, 0.15) is 40.3 Å². The molecule has 2 aromatic heterocycles. The largest absolute Gasteiger partial charge is 0.494 e. The Balaban J connectivity index is 1.63. The minimum Gasteiger partial charge on any atom is -0.494 e. The summed E-state index contributed by atoms with van der Waals surface area (Å²) in [5.41, 5.74) is 4.49. The summed E-state index contributed by atoms with van der Waals surface area (Å²) >= 11 is 0. The summed E-state index contributed by atoms with van der Waals surface area (Å²) in [4.78, 5) is 18.7. The van der Waals surface area contributed by atoms with Gasteiger partial charge in [-0.05, 0) is 54.8 Å². The molecule has 2 aromatic carbocycles. The number of fused-ring (bicyclic) bond motifs is 3. The SMILES string of the molecule is CCOc1ccc(C2c3[nH]c4ccccc4c3CCN2C(=O)c2ccco2)cc1. The van der Waals surface area contributed by atoms with Gasteiger partial charge in [0.15, 0.2) is 5.76 Å². The van der Waals surface area contributed by atoms with Crippen molar-refractivity contribution in [2.24, 2.45) is 0 Å². The summed E-state index contributed by atoms with van der Waals surface area (Å²) in [7, 11) is 0. The van der Waals surface area contributed by atoms with E-state index in [2.05, 4.69) is 23.2 Å². The molecule has 5 nitrogen and oxygen atoms in total. The Morgan fingerprint density at radius 2 is 1.97 bits per heavy atom. The average Bonchev–Trinajstić information content (AvgIpc) is 3.41. The molecule has 0 saturated carbocycles. The monoisotopic (exact) mass is 386 g/mol. The molecule has 1 amide bonds. The second-order valence-corrected chi connectivity index (χ2v) is 7.19. The maximum absolute atomic E-state index is 13.2. The number of ether oxygens (including phenoxy) is 1. The highest BCUT2D eigenvalue weighted by Gasteiger charge is 2.35. The normalized spacial score (nSPS) is 16.0. The van der Waals surface area contributed by atoms with Crippen LogP contribution in [0, 0.1) is 0 Å². The summed E-state index contributed by atoms with van der Waals surface area (Å²) in [6.07, 6.45) is 2.34. The van der Waals surface area contributed by atoms with Gasteiger partial charge >= 0.3 is 0 Å². The van der Waals surface area contributed by atoms with Crippen molar-refractivity contribution < 1.29 is 13.9 Å². The van der Waals surface area contributed by atoms with Gasteiger partial charge in [-0.15, -0.1) is 0 Å². The first-order chi connectivity index (χ1) is 14.3. The number of nitrogens with one attached hydrogen (secondary N) is 1. The molecule has 0 radical (unpaired) electrons. The van der Waals surface area contributed by atoms with Crippen LogP contribution in [0.15, 0.2) is 71.3 Å². The number of aromatic nitrogens is 1. The quantitative estimate of drug-likeness (QED) is 0.540. The number of benzene rings is 2. The van der Waals surface area contributed by atoms with Gasteiger partial charge in [0, 0.05) is 23.1 Å². The first-order valence-corrected chi connectivity index (χ1v) is 9.93. The zero-order valence-corrected chi connectivity index (χ0v) is 16.2. The van der Waals surface area contributed by atoms with Gasteiger partial charge in [-0.3, -0.25) is 4.79 Å². The molecule has 3 heterocycles. The van der Waals surface area contributed by atoms with Gasteiger partial charge in [0.05, 0.1) is 18.9 Å². The second kappa shape index (κ2) is 7.17. The standard InChI is InChI=1S/C24H22N2O3/c1-2-28-17-11-9-16(10-12-17)23-22-19(18-6-3-4-7-20(18)25-22)13-14-26(23)24(27)21-8-5-15-29-21/h3-12,15,23,25H,2,13-14H2,1H3. The number of hydrogen-bond acceptors (Lipinski definition) is 3. The molecule has 0 spiro atoms. The molecular weight excluding hydrogens is 364 g/mol. The number of H-pyrrole nitrogens is 1. The third kappa shape index (κ3) is 2.99. The lowest BCUT2D eigenvalue weighted by Crippen LogP contribution is -2.40. The Hall–Kier alpha value is -3.47. The van der Waals surface area contributed by atoms with Crippen LogP contribution in [-0.4, -0.2) is 28.9 Å². The van der Waals surface area contributed by atoms with E-state index in [0.29, 0.717) is 18.9 Å². The average molecular weight is 386 g/mol. The third-order valence-electron chi connectivity index (χ3n) is 5.53. The van der Waals surface area contributed by atoms with Gasteiger partial charge < -0.3 is 19.0 Å². The summed E-state index contributed by atoms with van der Waals surface area (Å²) in [6.45, 7) is 3.22. The van der Waals surface area contributed by atoms with Crippen LogP contribution < -0.4 is 4.74 Å². The van der Waals surface area contributed by atoms with Crippen molar-refractivity contribution in [1.29, 1.82) is 0 Å². The molecular formula is C24H22N2O3. The minimum absolute atomic E-state index is 0.0989. The molecule has 5 rings (SSSR count). The maximum atomic E-state index is 13.2. The molecule has 146 valence electrons. The van der Waals surface area contributed by atoms with Crippen LogP contribution in [0.5, 0.6) is 5.75 Å². The van der Waals surface area contributed by atoms with Crippen molar-refractivity contribution in [2.75, 3.05) is 13.2 Å². The lowest BCUT2D eigenvalue weighted by atomic mass is 9.92. The number of carbonyl (C=O) groups is 1. The van der Waals surface area contributed by atoms with Crippen molar-refractivity contribution >= 4 is 16.8 Å². The fourth-order valence-electron chi connectivity index (χ4n) is 4.26. The number of aromatic amines is 1. The Morgan fingerprint density at radius 3 is 2.72 bits per heavy atom. The lowest BCUT2D eigenvalue weighted by Gasteiger charge is -2.35. The summed E-state index contributed by atoms with van der Waals surface area (Å²) in [5, 5.41) is 1.23. The van der Waals surface area contributed by atoms with Crippen LogP contribution in [-0.2, 0) is 6.42 Å². The molecule has 0 bridgehead atoms. The Bertz CT molecular complexity index is 1140. The molecule has 1 aliphatic rings. The maximum Gasteiger partial charge on any atom is 0.290 e. The molecule has 0 saturated heterocycles. The van der Waals surface area contributed by atoms with Crippen LogP contribution in [0.25, 0.3) is 10.9 Å². The zero-order valence-electron chi connectivity index (χ0n) is 16.2. The molecule has 1 unspecified atom stereocenters. The van der Waals surface area contributed by atoms with Crippen molar-refractivity contribution in [3.63, 3.8) is 0 Å². The first-order valence-electron chi connectivity index (χ1n) is 9.93. The summed E-state index contributed by atoms with van der Waals surface area (Å²) < 4.78 is 11.0. The number of rotatable bonds is 4. The predicted molar refractivity (Wildman–Crippen MR) is 111 cm³/mol. The summed E-state index contributed by atoms with van der Waals surface area (Å²) in [5.74, 6) is 1.09. The fraction of sp³-hybridized carbons (Fsp3) is 0.208. The van der Waals surface area contributed by atoms with Crippen LogP contribution >= 0.6 is 0 Å². The number of para-hydroxylation sites is 1. The molecule has 1 aliphatic heterocycles. The Kier molecular flexibility index (Phi) is 4.35. The Morgan fingerprint density at radius 1 is 1.14 bits per heavy atom. The van der Waals surface area contributed by atoms with Gasteiger partial charge in [0.1, 0.15) is 5.75 Å². The third-order valence-corrected chi connectivity index (χ3v) is 5.53. The van der Waals surface area contributed by atoms with Crippen LogP contribution in [0.3, 0.4) is 0 Å². The highest BCUT2D eigenvalue weighted by molar-refractivity contribution is 5.93. The van der Waals surface area contributed by atoms with Crippen molar-refractivity contribution in [1.82, 2.24) is 9.88 Å². The van der Waals surface area contributed by atoms with E-state index < -0.39 is 0 Å². The lowest BCUT2D eigenvalue weighted by molar-refractivity contribution is 0.0659. The van der Waals surface area contributed by atoms with Crippen molar-refractivity contribution in [3.05, 3.63) is 89.5 Å². The predicted octanol–water partition coefficient (Wildman–Crippen LogP) is 4.95. The van der Waals surface area contributed by atoms with E-state index in [1.54, 1.807) is 12.1 Å². The number of amides is 1. The molecule has 5 heteroatoms. The molecule has 29 heavy (non-hydrogen) atoms. The zero-order chi connectivity index (χ0) is 19.8. The van der Waals surface area contributed by atoms with E-state index in [1.165, 1.54) is 17.2 Å². The number of furan rings is 1. The molecule has 1 N–H and O–H groups in total. The summed E-state index contributed by atoms with van der Waals surface area (Å²) in [6, 6.07) is 19.6. The van der Waals surface area contributed by atoms with E-state index in [1.807, 2.05) is 42.2 Å². The van der Waals surface area contributed by atoms with E-state index >= 15 is 0 Å². The molecule has 0 fully saturated rings. The van der Waals surface area contributed by atoms with Crippen molar-refractivity contribution in [2.45, 2.75) is 19.4 Å². The van der Waals surface area contributed by atoms with E-state index in [0.717, 1.165) is 28.9 Å². The Labute approximate surface area is 168 Å². The van der Waals surface area contributed by atoms with Crippen LogP contribution in [0.2, 0.25) is 0 Å². The molecule has 0 aliphatic carbocycles. The number of nitrogens with zero attached hydrogens (tertiary/aromatic N) is 1. The highest BCUT2D eigenvalue weighted by atomic mass is 16.5. The van der Waals surface area contributed by atoms with Gasteiger partial charge in [0.25, 0.3) is 5.91 Å². The van der Waals surface area contributed by atoms with E-state index in [-0.39, 0.29) is 11.9 Å². The second-order valence-electron chi connectivity index (χ2n) is 7.19. The highest BCUT2D eigenvalue weighted by Crippen LogP contribution is 2.39. The fourth-order valence-corrected chi connectivity index (χ4v) is 4.26. The smallest absolute Gasteiger partial charge is 0.290 e. The van der Waals surface area contributed by atoms with Crippen LogP contribution in [0.4, 0.5) is 0 Å².